The molecule has 0 radical (unpaired) electrons. The lowest BCUT2D eigenvalue weighted by atomic mass is 10.1. The normalized spacial score (nSPS) is 11.7. The molecule has 0 saturated carbocycles. The fraction of sp³-hybridized carbons (Fsp3) is 0.391. The average Bonchev–Trinajstić information content (AvgIpc) is 2.74. The highest BCUT2D eigenvalue weighted by Crippen LogP contribution is 2.21. The van der Waals surface area contributed by atoms with Crippen LogP contribution in [0, 0.1) is 0 Å². The molecule has 29 heavy (non-hydrogen) atoms. The second kappa shape index (κ2) is 12.6. The second-order valence-electron chi connectivity index (χ2n) is 6.84. The summed E-state index contributed by atoms with van der Waals surface area (Å²) in [6, 6.07) is 17.1. The van der Waals surface area contributed by atoms with Crippen LogP contribution >= 0.6 is 23.4 Å². The molecule has 2 aromatic rings. The van der Waals surface area contributed by atoms with Gasteiger partial charge in [-0.25, -0.2) is 0 Å². The van der Waals surface area contributed by atoms with Crippen LogP contribution in [0.4, 0.5) is 0 Å². The van der Waals surface area contributed by atoms with E-state index in [0.717, 1.165) is 23.3 Å². The number of nitrogens with zero attached hydrogens (tertiary/aromatic N) is 1. The zero-order chi connectivity index (χ0) is 21.1. The second-order valence-corrected chi connectivity index (χ2v) is 8.45. The number of carbonyl (C=O) groups excluding carboxylic acids is 2. The Labute approximate surface area is 183 Å². The van der Waals surface area contributed by atoms with Gasteiger partial charge in [-0.2, -0.15) is 0 Å². The van der Waals surface area contributed by atoms with Crippen LogP contribution in [0.1, 0.15) is 32.3 Å². The molecule has 0 aliphatic carbocycles. The van der Waals surface area contributed by atoms with Crippen LogP contribution in [0.15, 0.2) is 59.5 Å². The van der Waals surface area contributed by atoms with Crippen molar-refractivity contribution in [3.05, 3.63) is 65.2 Å². The third-order valence-electron chi connectivity index (χ3n) is 4.60. The Hall–Kier alpha value is -1.98. The van der Waals surface area contributed by atoms with E-state index in [1.54, 1.807) is 23.6 Å². The van der Waals surface area contributed by atoms with Gasteiger partial charge in [-0.1, -0.05) is 48.9 Å². The predicted molar refractivity (Wildman–Crippen MR) is 121 cm³/mol. The van der Waals surface area contributed by atoms with Crippen molar-refractivity contribution in [2.75, 3.05) is 18.8 Å². The SMILES string of the molecule is CCCNC(=O)[C@@H](C)N(CCc1ccccc1)C(=O)CCSc1ccc(Cl)cc1. The summed E-state index contributed by atoms with van der Waals surface area (Å²) in [6.07, 6.45) is 1.98. The first-order valence-electron chi connectivity index (χ1n) is 10.0. The molecular formula is C23H29ClN2O2S. The molecule has 2 rings (SSSR count). The fourth-order valence-corrected chi connectivity index (χ4v) is 3.86. The lowest BCUT2D eigenvalue weighted by Crippen LogP contribution is -2.49. The lowest BCUT2D eigenvalue weighted by Gasteiger charge is -2.28. The first-order chi connectivity index (χ1) is 14.0. The van der Waals surface area contributed by atoms with E-state index in [1.165, 1.54) is 0 Å². The largest absolute Gasteiger partial charge is 0.354 e. The lowest BCUT2D eigenvalue weighted by molar-refractivity contribution is -0.139. The van der Waals surface area contributed by atoms with Gasteiger partial charge in [-0.15, -0.1) is 11.8 Å². The standard InChI is InChI=1S/C23H29ClN2O2S/c1-3-15-25-23(28)18(2)26(16-13-19-7-5-4-6-8-19)22(27)14-17-29-21-11-9-20(24)10-12-21/h4-12,18H,3,13-17H2,1-2H3,(H,25,28)/t18-/m1/s1. The molecule has 1 atom stereocenters. The van der Waals surface area contributed by atoms with E-state index >= 15 is 0 Å². The molecule has 0 saturated heterocycles. The quantitative estimate of drug-likeness (QED) is 0.518. The number of thioether (sulfide) groups is 1. The zero-order valence-corrected chi connectivity index (χ0v) is 18.6. The van der Waals surface area contributed by atoms with Crippen LogP contribution in [-0.4, -0.2) is 41.6 Å². The van der Waals surface area contributed by atoms with Crippen LogP contribution in [0.25, 0.3) is 0 Å². The van der Waals surface area contributed by atoms with E-state index in [-0.39, 0.29) is 11.8 Å². The van der Waals surface area contributed by atoms with Crippen molar-refractivity contribution in [3.8, 4) is 0 Å². The maximum atomic E-state index is 12.9. The number of halogens is 1. The van der Waals surface area contributed by atoms with Crippen LogP contribution in [0.2, 0.25) is 5.02 Å². The highest BCUT2D eigenvalue weighted by Gasteiger charge is 2.25. The fourth-order valence-electron chi connectivity index (χ4n) is 2.90. The molecule has 0 bridgehead atoms. The molecule has 2 aromatic carbocycles. The van der Waals surface area contributed by atoms with Gasteiger partial charge in [0.05, 0.1) is 0 Å². The van der Waals surface area contributed by atoms with Gasteiger partial charge < -0.3 is 10.2 Å². The highest BCUT2D eigenvalue weighted by molar-refractivity contribution is 7.99. The molecule has 2 amide bonds. The van der Waals surface area contributed by atoms with E-state index in [0.29, 0.717) is 30.3 Å². The van der Waals surface area contributed by atoms with Gasteiger partial charge in [0, 0.05) is 35.2 Å². The summed E-state index contributed by atoms with van der Waals surface area (Å²) in [5, 5.41) is 3.60. The molecular weight excluding hydrogens is 404 g/mol. The van der Waals surface area contributed by atoms with Crippen molar-refractivity contribution in [1.82, 2.24) is 10.2 Å². The van der Waals surface area contributed by atoms with E-state index in [1.807, 2.05) is 61.5 Å². The Morgan fingerprint density at radius 2 is 1.79 bits per heavy atom. The minimum Gasteiger partial charge on any atom is -0.354 e. The van der Waals surface area contributed by atoms with E-state index in [4.69, 9.17) is 11.6 Å². The van der Waals surface area contributed by atoms with Crippen LogP contribution in [-0.2, 0) is 16.0 Å². The van der Waals surface area contributed by atoms with Gasteiger partial charge in [0.25, 0.3) is 0 Å². The average molecular weight is 433 g/mol. The van der Waals surface area contributed by atoms with Crippen LogP contribution < -0.4 is 5.32 Å². The number of benzene rings is 2. The molecule has 4 nitrogen and oxygen atoms in total. The number of amides is 2. The molecule has 156 valence electrons. The van der Waals surface area contributed by atoms with E-state index < -0.39 is 6.04 Å². The van der Waals surface area contributed by atoms with Crippen molar-refractivity contribution in [2.24, 2.45) is 0 Å². The maximum absolute atomic E-state index is 12.9. The molecule has 0 fully saturated rings. The Balaban J connectivity index is 1.96. The molecule has 6 heteroatoms. The van der Waals surface area contributed by atoms with Crippen molar-refractivity contribution in [3.63, 3.8) is 0 Å². The van der Waals surface area contributed by atoms with Gasteiger partial charge in [0.15, 0.2) is 0 Å². The molecule has 0 aromatic heterocycles. The topological polar surface area (TPSA) is 49.4 Å². The van der Waals surface area contributed by atoms with Gasteiger partial charge in [-0.05, 0) is 49.6 Å². The summed E-state index contributed by atoms with van der Waals surface area (Å²) >= 11 is 7.53. The van der Waals surface area contributed by atoms with Gasteiger partial charge in [-0.3, -0.25) is 9.59 Å². The summed E-state index contributed by atoms with van der Waals surface area (Å²) in [4.78, 5) is 28.2. The van der Waals surface area contributed by atoms with E-state index in [9.17, 15) is 9.59 Å². The molecule has 0 spiro atoms. The zero-order valence-electron chi connectivity index (χ0n) is 17.1. The minimum absolute atomic E-state index is 0.00143. The molecule has 0 heterocycles. The third kappa shape index (κ3) is 8.11. The van der Waals surface area contributed by atoms with Gasteiger partial charge in [0.1, 0.15) is 6.04 Å². The van der Waals surface area contributed by atoms with Crippen molar-refractivity contribution in [1.29, 1.82) is 0 Å². The highest BCUT2D eigenvalue weighted by atomic mass is 35.5. The van der Waals surface area contributed by atoms with Crippen molar-refractivity contribution < 1.29 is 9.59 Å². The molecule has 0 aliphatic heterocycles. The Bertz CT molecular complexity index is 768. The monoisotopic (exact) mass is 432 g/mol. The number of rotatable bonds is 11. The minimum atomic E-state index is -0.488. The van der Waals surface area contributed by atoms with Crippen molar-refractivity contribution in [2.45, 2.75) is 44.0 Å². The number of carbonyl (C=O) groups is 2. The molecule has 0 unspecified atom stereocenters. The third-order valence-corrected chi connectivity index (χ3v) is 5.86. The first-order valence-corrected chi connectivity index (χ1v) is 11.4. The number of hydrogen-bond acceptors (Lipinski definition) is 3. The molecule has 0 aliphatic rings. The van der Waals surface area contributed by atoms with Crippen LogP contribution in [0.3, 0.4) is 0 Å². The Morgan fingerprint density at radius 3 is 2.45 bits per heavy atom. The summed E-state index contributed by atoms with van der Waals surface area (Å²) in [7, 11) is 0. The summed E-state index contributed by atoms with van der Waals surface area (Å²) < 4.78 is 0. The Morgan fingerprint density at radius 1 is 1.10 bits per heavy atom. The Kier molecular flexibility index (Phi) is 10.1. The summed E-state index contributed by atoms with van der Waals surface area (Å²) in [5.41, 5.74) is 1.15. The maximum Gasteiger partial charge on any atom is 0.242 e. The van der Waals surface area contributed by atoms with E-state index in [2.05, 4.69) is 5.32 Å². The predicted octanol–water partition coefficient (Wildman–Crippen LogP) is 4.81. The van der Waals surface area contributed by atoms with Gasteiger partial charge in [0.2, 0.25) is 11.8 Å². The molecule has 1 N–H and O–H groups in total. The number of nitrogens with one attached hydrogen (secondary N) is 1. The smallest absolute Gasteiger partial charge is 0.242 e. The summed E-state index contributed by atoms with van der Waals surface area (Å²) in [6.45, 7) is 4.96. The summed E-state index contributed by atoms with van der Waals surface area (Å²) in [5.74, 6) is 0.561. The number of hydrogen-bond donors (Lipinski definition) is 1. The van der Waals surface area contributed by atoms with Gasteiger partial charge >= 0.3 is 0 Å². The van der Waals surface area contributed by atoms with Crippen molar-refractivity contribution >= 4 is 35.2 Å². The van der Waals surface area contributed by atoms with Crippen LogP contribution in [0.5, 0.6) is 0 Å². The first kappa shape index (κ1) is 23.3.